The summed E-state index contributed by atoms with van der Waals surface area (Å²) in [4.78, 5) is 8.21. The molecule has 3 nitrogen and oxygen atoms in total. The van der Waals surface area contributed by atoms with Crippen molar-refractivity contribution in [3.8, 4) is 0 Å². The Morgan fingerprint density at radius 1 is 1.62 bits per heavy atom. The molecule has 3 heteroatoms. The zero-order valence-corrected chi connectivity index (χ0v) is 7.90. The zero-order valence-electron chi connectivity index (χ0n) is 7.90. The normalized spacial score (nSPS) is 11.6. The number of nitrogens with zero attached hydrogens (tertiary/aromatic N) is 2. The molecule has 0 fully saturated rings. The van der Waals surface area contributed by atoms with Crippen molar-refractivity contribution in [1.29, 1.82) is 0 Å². The SMILES string of the molecule is CCCCN=C(N)c1cccnc1. The van der Waals surface area contributed by atoms with Crippen molar-refractivity contribution in [3.05, 3.63) is 30.1 Å². The van der Waals surface area contributed by atoms with Crippen LogP contribution in [-0.2, 0) is 0 Å². The van der Waals surface area contributed by atoms with Gasteiger partial charge >= 0.3 is 0 Å². The first-order chi connectivity index (χ1) is 6.34. The van der Waals surface area contributed by atoms with Gasteiger partial charge in [-0.1, -0.05) is 13.3 Å². The average Bonchev–Trinajstić information content (AvgIpc) is 2.19. The topological polar surface area (TPSA) is 51.3 Å². The molecule has 0 amide bonds. The Labute approximate surface area is 78.7 Å². The van der Waals surface area contributed by atoms with Crippen LogP contribution in [0.4, 0.5) is 0 Å². The molecular weight excluding hydrogens is 162 g/mol. The predicted molar refractivity (Wildman–Crippen MR) is 54.7 cm³/mol. The second-order valence-corrected chi connectivity index (χ2v) is 2.86. The van der Waals surface area contributed by atoms with E-state index in [4.69, 9.17) is 5.73 Å². The molecule has 0 spiro atoms. The summed E-state index contributed by atoms with van der Waals surface area (Å²) >= 11 is 0. The van der Waals surface area contributed by atoms with E-state index < -0.39 is 0 Å². The smallest absolute Gasteiger partial charge is 0.127 e. The Hall–Kier alpha value is -1.38. The molecule has 0 atom stereocenters. The molecule has 0 aliphatic heterocycles. The summed E-state index contributed by atoms with van der Waals surface area (Å²) in [7, 11) is 0. The van der Waals surface area contributed by atoms with Gasteiger partial charge in [0.15, 0.2) is 0 Å². The van der Waals surface area contributed by atoms with Crippen LogP contribution in [0.25, 0.3) is 0 Å². The van der Waals surface area contributed by atoms with Gasteiger partial charge in [-0.15, -0.1) is 0 Å². The minimum Gasteiger partial charge on any atom is -0.383 e. The van der Waals surface area contributed by atoms with Gasteiger partial charge in [-0.05, 0) is 18.6 Å². The lowest BCUT2D eigenvalue weighted by molar-refractivity contribution is 0.807. The van der Waals surface area contributed by atoms with Crippen LogP contribution in [0.2, 0.25) is 0 Å². The highest BCUT2D eigenvalue weighted by Crippen LogP contribution is 1.96. The lowest BCUT2D eigenvalue weighted by Gasteiger charge is -1.98. The Morgan fingerprint density at radius 3 is 3.08 bits per heavy atom. The summed E-state index contributed by atoms with van der Waals surface area (Å²) in [5.74, 6) is 0.585. The first kappa shape index (κ1) is 9.71. The lowest BCUT2D eigenvalue weighted by Crippen LogP contribution is -2.14. The van der Waals surface area contributed by atoms with E-state index in [1.54, 1.807) is 12.4 Å². The third-order valence-electron chi connectivity index (χ3n) is 1.75. The van der Waals surface area contributed by atoms with E-state index in [0.29, 0.717) is 5.84 Å². The second-order valence-electron chi connectivity index (χ2n) is 2.86. The number of aromatic nitrogens is 1. The average molecular weight is 177 g/mol. The molecule has 0 aliphatic carbocycles. The summed E-state index contributed by atoms with van der Waals surface area (Å²) in [5, 5.41) is 0. The Morgan fingerprint density at radius 2 is 2.46 bits per heavy atom. The quantitative estimate of drug-likeness (QED) is 0.431. The van der Waals surface area contributed by atoms with Crippen molar-refractivity contribution in [3.63, 3.8) is 0 Å². The van der Waals surface area contributed by atoms with Crippen molar-refractivity contribution in [2.75, 3.05) is 6.54 Å². The molecule has 0 unspecified atom stereocenters. The molecule has 0 aliphatic rings. The van der Waals surface area contributed by atoms with E-state index in [2.05, 4.69) is 16.9 Å². The van der Waals surface area contributed by atoms with E-state index in [-0.39, 0.29) is 0 Å². The predicted octanol–water partition coefficient (Wildman–Crippen LogP) is 1.59. The number of amidine groups is 1. The third kappa shape index (κ3) is 3.23. The van der Waals surface area contributed by atoms with Crippen LogP contribution in [0.5, 0.6) is 0 Å². The van der Waals surface area contributed by atoms with Gasteiger partial charge < -0.3 is 5.73 Å². The van der Waals surface area contributed by atoms with Crippen LogP contribution < -0.4 is 5.73 Å². The summed E-state index contributed by atoms with van der Waals surface area (Å²) in [6, 6.07) is 3.77. The van der Waals surface area contributed by atoms with Crippen molar-refractivity contribution >= 4 is 5.84 Å². The van der Waals surface area contributed by atoms with Gasteiger partial charge in [0.25, 0.3) is 0 Å². The molecule has 2 N–H and O–H groups in total. The lowest BCUT2D eigenvalue weighted by atomic mass is 10.2. The number of nitrogens with two attached hydrogens (primary N) is 1. The molecule has 0 bridgehead atoms. The number of pyridine rings is 1. The van der Waals surface area contributed by atoms with Crippen molar-refractivity contribution in [2.24, 2.45) is 10.7 Å². The monoisotopic (exact) mass is 177 g/mol. The van der Waals surface area contributed by atoms with Crippen molar-refractivity contribution in [2.45, 2.75) is 19.8 Å². The van der Waals surface area contributed by atoms with E-state index in [1.807, 2.05) is 12.1 Å². The van der Waals surface area contributed by atoms with Gasteiger partial charge in [0.2, 0.25) is 0 Å². The maximum Gasteiger partial charge on any atom is 0.127 e. The summed E-state index contributed by atoms with van der Waals surface area (Å²) < 4.78 is 0. The Kier molecular flexibility index (Phi) is 3.96. The Bertz CT molecular complexity index is 267. The molecule has 70 valence electrons. The molecule has 0 aromatic carbocycles. The maximum absolute atomic E-state index is 5.75. The standard InChI is InChI=1S/C10H15N3/c1-2-3-7-13-10(11)9-5-4-6-12-8-9/h4-6,8H,2-3,7H2,1H3,(H2,11,13). The first-order valence-corrected chi connectivity index (χ1v) is 4.55. The van der Waals surface area contributed by atoms with Crippen molar-refractivity contribution < 1.29 is 0 Å². The molecular formula is C10H15N3. The number of hydrogen-bond donors (Lipinski definition) is 1. The van der Waals surface area contributed by atoms with Crippen LogP contribution in [0.1, 0.15) is 25.3 Å². The van der Waals surface area contributed by atoms with Gasteiger partial charge in [0, 0.05) is 24.5 Å². The van der Waals surface area contributed by atoms with Gasteiger partial charge in [0.1, 0.15) is 5.84 Å². The first-order valence-electron chi connectivity index (χ1n) is 4.55. The van der Waals surface area contributed by atoms with E-state index in [1.165, 1.54) is 0 Å². The van der Waals surface area contributed by atoms with Crippen LogP contribution in [0.3, 0.4) is 0 Å². The van der Waals surface area contributed by atoms with E-state index in [0.717, 1.165) is 24.9 Å². The Balaban J connectivity index is 2.57. The summed E-state index contributed by atoms with van der Waals surface area (Å²) in [5.41, 5.74) is 6.65. The molecule has 1 rings (SSSR count). The largest absolute Gasteiger partial charge is 0.383 e. The van der Waals surface area contributed by atoms with Gasteiger partial charge in [-0.3, -0.25) is 9.98 Å². The third-order valence-corrected chi connectivity index (χ3v) is 1.75. The van der Waals surface area contributed by atoms with Gasteiger partial charge in [0.05, 0.1) is 0 Å². The second kappa shape index (κ2) is 5.30. The molecule has 13 heavy (non-hydrogen) atoms. The highest BCUT2D eigenvalue weighted by Gasteiger charge is 1.95. The fourth-order valence-corrected chi connectivity index (χ4v) is 0.963. The maximum atomic E-state index is 5.75. The summed E-state index contributed by atoms with van der Waals surface area (Å²) in [6.07, 6.45) is 5.68. The summed E-state index contributed by atoms with van der Waals surface area (Å²) in [6.45, 7) is 2.94. The molecule has 0 saturated heterocycles. The number of unbranched alkanes of at least 4 members (excludes halogenated alkanes) is 1. The van der Waals surface area contributed by atoms with E-state index in [9.17, 15) is 0 Å². The molecule has 1 heterocycles. The van der Waals surface area contributed by atoms with Crippen molar-refractivity contribution in [1.82, 2.24) is 4.98 Å². The molecule has 1 aromatic rings. The molecule has 0 saturated carbocycles. The van der Waals surface area contributed by atoms with Gasteiger partial charge in [-0.2, -0.15) is 0 Å². The van der Waals surface area contributed by atoms with Crippen LogP contribution in [0.15, 0.2) is 29.5 Å². The highest BCUT2D eigenvalue weighted by molar-refractivity contribution is 5.97. The number of rotatable bonds is 4. The molecule has 1 aromatic heterocycles. The fraction of sp³-hybridized carbons (Fsp3) is 0.400. The molecule has 0 radical (unpaired) electrons. The fourth-order valence-electron chi connectivity index (χ4n) is 0.963. The minimum atomic E-state index is 0.585. The number of aliphatic imine (C=N–C) groups is 1. The van der Waals surface area contributed by atoms with E-state index >= 15 is 0 Å². The zero-order chi connectivity index (χ0) is 9.52. The van der Waals surface area contributed by atoms with Crippen LogP contribution in [0, 0.1) is 0 Å². The van der Waals surface area contributed by atoms with Gasteiger partial charge in [-0.25, -0.2) is 0 Å². The minimum absolute atomic E-state index is 0.585. The highest BCUT2D eigenvalue weighted by atomic mass is 14.8. The number of hydrogen-bond acceptors (Lipinski definition) is 2. The van der Waals surface area contributed by atoms with Crippen LogP contribution in [-0.4, -0.2) is 17.4 Å². The van der Waals surface area contributed by atoms with Crippen LogP contribution >= 0.6 is 0 Å².